The highest BCUT2D eigenvalue weighted by molar-refractivity contribution is 5.67. The van der Waals surface area contributed by atoms with Gasteiger partial charge in [-0.15, -0.1) is 0 Å². The number of amides is 1. The van der Waals surface area contributed by atoms with E-state index in [2.05, 4.69) is 4.90 Å². The third kappa shape index (κ3) is 4.63. The van der Waals surface area contributed by atoms with Gasteiger partial charge in [-0.2, -0.15) is 0 Å². The highest BCUT2D eigenvalue weighted by atomic mass is 16.6. The van der Waals surface area contributed by atoms with E-state index >= 15 is 0 Å². The summed E-state index contributed by atoms with van der Waals surface area (Å²) in [6.45, 7) is 6.35. The number of carbonyl (C=O) groups is 1. The van der Waals surface area contributed by atoms with Crippen LogP contribution in [0.2, 0.25) is 0 Å². The van der Waals surface area contributed by atoms with Crippen LogP contribution < -0.4 is 0 Å². The largest absolute Gasteiger partial charge is 0.447 e. The number of nitrogens with zero attached hydrogens (tertiary/aromatic N) is 2. The van der Waals surface area contributed by atoms with Crippen molar-refractivity contribution in [1.82, 2.24) is 9.80 Å². The van der Waals surface area contributed by atoms with Crippen LogP contribution in [0.1, 0.15) is 12.8 Å². The number of ether oxygens (including phenoxy) is 2. The molecular weight excluding hydrogens is 248 g/mol. The Kier molecular flexibility index (Phi) is 5.88. The van der Waals surface area contributed by atoms with Crippen molar-refractivity contribution in [3.63, 3.8) is 0 Å². The Labute approximate surface area is 114 Å². The fraction of sp³-hybridized carbons (Fsp3) is 0.923. The maximum atomic E-state index is 11.6. The maximum absolute atomic E-state index is 11.6. The molecule has 0 atom stereocenters. The van der Waals surface area contributed by atoms with Gasteiger partial charge in [-0.3, -0.25) is 4.90 Å². The Morgan fingerprint density at radius 2 is 1.89 bits per heavy atom. The van der Waals surface area contributed by atoms with Crippen LogP contribution >= 0.6 is 0 Å². The van der Waals surface area contributed by atoms with Gasteiger partial charge < -0.3 is 19.5 Å². The molecule has 0 aromatic carbocycles. The van der Waals surface area contributed by atoms with Crippen LogP contribution in [0.25, 0.3) is 0 Å². The molecule has 2 fully saturated rings. The third-order valence-corrected chi connectivity index (χ3v) is 3.81. The first-order valence-corrected chi connectivity index (χ1v) is 7.12. The van der Waals surface area contributed by atoms with E-state index in [0.29, 0.717) is 5.92 Å². The Bertz CT molecular complexity index is 274. The molecule has 0 aliphatic carbocycles. The highest BCUT2D eigenvalue weighted by Crippen LogP contribution is 2.19. The average molecular weight is 272 g/mol. The Morgan fingerprint density at radius 3 is 2.53 bits per heavy atom. The normalized spacial score (nSPS) is 22.5. The highest BCUT2D eigenvalue weighted by Gasteiger charge is 2.25. The molecule has 1 amide bonds. The minimum Gasteiger partial charge on any atom is -0.447 e. The van der Waals surface area contributed by atoms with Crippen molar-refractivity contribution < 1.29 is 19.4 Å². The number of carbonyl (C=O) groups excluding carboxylic acids is 1. The van der Waals surface area contributed by atoms with Crippen LogP contribution in [0.3, 0.4) is 0 Å². The number of morpholine rings is 1. The number of piperidine rings is 1. The smallest absolute Gasteiger partial charge is 0.409 e. The maximum Gasteiger partial charge on any atom is 0.409 e. The molecule has 2 saturated heterocycles. The standard InChI is InChI=1S/C13H24N2O4/c16-7-10-19-13(17)15-3-1-12(2-4-15)11-14-5-8-18-9-6-14/h12,16H,1-11H2. The van der Waals surface area contributed by atoms with Crippen molar-refractivity contribution in [1.29, 1.82) is 0 Å². The molecule has 0 radical (unpaired) electrons. The number of hydrogen-bond donors (Lipinski definition) is 1. The molecule has 6 heteroatoms. The van der Waals surface area contributed by atoms with Crippen LogP contribution in [0.5, 0.6) is 0 Å². The van der Waals surface area contributed by atoms with Crippen LogP contribution in [0.15, 0.2) is 0 Å². The van der Waals surface area contributed by atoms with Crippen molar-refractivity contribution in [2.24, 2.45) is 5.92 Å². The summed E-state index contributed by atoms with van der Waals surface area (Å²) < 4.78 is 10.3. The predicted octanol–water partition coefficient (Wildman–Crippen LogP) is 0.160. The van der Waals surface area contributed by atoms with Gasteiger partial charge >= 0.3 is 6.09 Å². The van der Waals surface area contributed by atoms with Gasteiger partial charge in [0.1, 0.15) is 6.61 Å². The molecule has 0 saturated carbocycles. The second-order valence-corrected chi connectivity index (χ2v) is 5.18. The van der Waals surface area contributed by atoms with Gasteiger partial charge in [0.05, 0.1) is 19.8 Å². The van der Waals surface area contributed by atoms with Crippen LogP contribution in [-0.4, -0.2) is 80.2 Å². The fourth-order valence-electron chi connectivity index (χ4n) is 2.67. The SMILES string of the molecule is O=C(OCCO)N1CCC(CN2CCOCC2)CC1. The number of hydrogen-bond acceptors (Lipinski definition) is 5. The lowest BCUT2D eigenvalue weighted by atomic mass is 9.96. The van der Waals surface area contributed by atoms with Gasteiger partial charge in [-0.05, 0) is 18.8 Å². The summed E-state index contributed by atoms with van der Waals surface area (Å²) in [6.07, 6.45) is 1.77. The van der Waals surface area contributed by atoms with Gasteiger partial charge in [-0.25, -0.2) is 4.79 Å². The molecule has 0 aromatic heterocycles. The van der Waals surface area contributed by atoms with Crippen LogP contribution in [0, 0.1) is 5.92 Å². The molecule has 2 aliphatic heterocycles. The van der Waals surface area contributed by atoms with E-state index in [4.69, 9.17) is 14.6 Å². The summed E-state index contributed by atoms with van der Waals surface area (Å²) >= 11 is 0. The Hall–Kier alpha value is -0.850. The average Bonchev–Trinajstić information content (AvgIpc) is 2.46. The third-order valence-electron chi connectivity index (χ3n) is 3.81. The topological polar surface area (TPSA) is 62.2 Å². The summed E-state index contributed by atoms with van der Waals surface area (Å²) in [7, 11) is 0. The van der Waals surface area contributed by atoms with Crippen molar-refractivity contribution in [3.05, 3.63) is 0 Å². The molecule has 6 nitrogen and oxygen atoms in total. The second kappa shape index (κ2) is 7.67. The molecule has 1 N–H and O–H groups in total. The lowest BCUT2D eigenvalue weighted by molar-refractivity contribution is 0.0231. The van der Waals surface area contributed by atoms with Crippen LogP contribution in [-0.2, 0) is 9.47 Å². The summed E-state index contributed by atoms with van der Waals surface area (Å²) in [5.74, 6) is 0.667. The summed E-state index contributed by atoms with van der Waals surface area (Å²) in [6, 6.07) is 0. The van der Waals surface area contributed by atoms with E-state index in [1.54, 1.807) is 4.90 Å². The van der Waals surface area contributed by atoms with E-state index < -0.39 is 0 Å². The monoisotopic (exact) mass is 272 g/mol. The van der Waals surface area contributed by atoms with E-state index in [9.17, 15) is 4.79 Å². The molecule has 2 aliphatic rings. The van der Waals surface area contributed by atoms with Gasteiger partial charge in [0.15, 0.2) is 0 Å². The first-order chi connectivity index (χ1) is 9.29. The first-order valence-electron chi connectivity index (χ1n) is 7.12. The molecular formula is C13H24N2O4. The van der Waals surface area contributed by atoms with Gasteiger partial charge in [0.25, 0.3) is 0 Å². The number of aliphatic hydroxyl groups is 1. The minimum absolute atomic E-state index is 0.0898. The molecule has 19 heavy (non-hydrogen) atoms. The summed E-state index contributed by atoms with van der Waals surface area (Å²) in [5, 5.41) is 8.63. The lowest BCUT2D eigenvalue weighted by Crippen LogP contribution is -2.44. The zero-order valence-electron chi connectivity index (χ0n) is 11.4. The van der Waals surface area contributed by atoms with Gasteiger partial charge in [-0.1, -0.05) is 0 Å². The molecule has 2 rings (SSSR count). The summed E-state index contributed by atoms with van der Waals surface area (Å²) in [4.78, 5) is 15.8. The number of likely N-dealkylation sites (tertiary alicyclic amines) is 1. The summed E-state index contributed by atoms with van der Waals surface area (Å²) in [5.41, 5.74) is 0. The number of aliphatic hydroxyl groups excluding tert-OH is 1. The van der Waals surface area contributed by atoms with E-state index in [0.717, 1.165) is 58.8 Å². The first kappa shape index (κ1) is 14.6. The van der Waals surface area contributed by atoms with Crippen molar-refractivity contribution in [2.45, 2.75) is 12.8 Å². The quantitative estimate of drug-likeness (QED) is 0.790. The minimum atomic E-state index is -0.293. The van der Waals surface area contributed by atoms with Gasteiger partial charge in [0, 0.05) is 32.7 Å². The predicted molar refractivity (Wildman–Crippen MR) is 70.0 cm³/mol. The Balaban J connectivity index is 1.65. The molecule has 0 spiro atoms. The second-order valence-electron chi connectivity index (χ2n) is 5.18. The van der Waals surface area contributed by atoms with E-state index in [1.165, 1.54) is 0 Å². The lowest BCUT2D eigenvalue weighted by Gasteiger charge is -2.35. The van der Waals surface area contributed by atoms with Crippen molar-refractivity contribution in [3.8, 4) is 0 Å². The van der Waals surface area contributed by atoms with Gasteiger partial charge in [0.2, 0.25) is 0 Å². The van der Waals surface area contributed by atoms with E-state index in [-0.39, 0.29) is 19.3 Å². The van der Waals surface area contributed by atoms with E-state index in [1.807, 2.05) is 0 Å². The van der Waals surface area contributed by atoms with Crippen LogP contribution in [0.4, 0.5) is 4.79 Å². The molecule has 110 valence electrons. The zero-order valence-corrected chi connectivity index (χ0v) is 11.4. The molecule has 0 unspecified atom stereocenters. The number of rotatable bonds is 4. The van der Waals surface area contributed by atoms with Crippen molar-refractivity contribution >= 4 is 6.09 Å². The van der Waals surface area contributed by atoms with Crippen molar-refractivity contribution in [2.75, 3.05) is 59.2 Å². The molecule has 0 bridgehead atoms. The molecule has 2 heterocycles. The fourth-order valence-corrected chi connectivity index (χ4v) is 2.67. The molecule has 0 aromatic rings. The Morgan fingerprint density at radius 1 is 1.21 bits per heavy atom. The zero-order chi connectivity index (χ0) is 13.5.